The van der Waals surface area contributed by atoms with Crippen LogP contribution in [-0.2, 0) is 19.4 Å². The van der Waals surface area contributed by atoms with Gasteiger partial charge in [-0.05, 0) is 13.1 Å². The SMILES string of the molecule is CCc1nc(CC)n(-c2ncc(F)cc2CNC)n1. The zero-order valence-electron chi connectivity index (χ0n) is 11.4. The van der Waals surface area contributed by atoms with E-state index >= 15 is 0 Å². The second-order valence-corrected chi connectivity index (χ2v) is 4.23. The second kappa shape index (κ2) is 5.88. The van der Waals surface area contributed by atoms with E-state index in [4.69, 9.17) is 0 Å². The smallest absolute Gasteiger partial charge is 0.160 e. The van der Waals surface area contributed by atoms with Gasteiger partial charge in [0.15, 0.2) is 11.6 Å². The molecule has 0 aliphatic heterocycles. The van der Waals surface area contributed by atoms with E-state index in [2.05, 4.69) is 20.4 Å². The van der Waals surface area contributed by atoms with Crippen LogP contribution in [0.2, 0.25) is 0 Å². The van der Waals surface area contributed by atoms with Gasteiger partial charge in [-0.3, -0.25) is 0 Å². The fourth-order valence-electron chi connectivity index (χ4n) is 1.93. The molecule has 2 aromatic heterocycles. The maximum absolute atomic E-state index is 13.3. The van der Waals surface area contributed by atoms with E-state index in [0.29, 0.717) is 12.4 Å². The van der Waals surface area contributed by atoms with Gasteiger partial charge in [0.1, 0.15) is 11.6 Å². The molecular formula is C13H18FN5. The number of nitrogens with zero attached hydrogens (tertiary/aromatic N) is 4. The molecule has 2 rings (SSSR count). The third-order valence-corrected chi connectivity index (χ3v) is 2.83. The van der Waals surface area contributed by atoms with Gasteiger partial charge in [0.05, 0.1) is 6.20 Å². The van der Waals surface area contributed by atoms with Crippen molar-refractivity contribution in [2.75, 3.05) is 7.05 Å². The van der Waals surface area contributed by atoms with Crippen LogP contribution in [0.1, 0.15) is 31.1 Å². The average Bonchev–Trinajstić information content (AvgIpc) is 2.82. The van der Waals surface area contributed by atoms with Crippen molar-refractivity contribution in [1.29, 1.82) is 0 Å². The van der Waals surface area contributed by atoms with Crippen LogP contribution < -0.4 is 5.32 Å². The number of aryl methyl sites for hydroxylation is 2. The molecule has 19 heavy (non-hydrogen) atoms. The number of hydrogen-bond acceptors (Lipinski definition) is 4. The molecule has 6 heteroatoms. The summed E-state index contributed by atoms with van der Waals surface area (Å²) in [6.07, 6.45) is 2.73. The van der Waals surface area contributed by atoms with Gasteiger partial charge in [0.25, 0.3) is 0 Å². The third kappa shape index (κ3) is 2.78. The molecule has 0 bridgehead atoms. The second-order valence-electron chi connectivity index (χ2n) is 4.23. The van der Waals surface area contributed by atoms with Crippen molar-refractivity contribution in [2.45, 2.75) is 33.2 Å². The number of nitrogens with one attached hydrogen (secondary N) is 1. The van der Waals surface area contributed by atoms with Crippen LogP contribution in [0.15, 0.2) is 12.3 Å². The van der Waals surface area contributed by atoms with Gasteiger partial charge in [-0.1, -0.05) is 13.8 Å². The highest BCUT2D eigenvalue weighted by atomic mass is 19.1. The summed E-state index contributed by atoms with van der Waals surface area (Å²) in [5.74, 6) is 1.91. The summed E-state index contributed by atoms with van der Waals surface area (Å²) >= 11 is 0. The van der Waals surface area contributed by atoms with Crippen molar-refractivity contribution >= 4 is 0 Å². The Hall–Kier alpha value is -1.82. The number of pyridine rings is 1. The van der Waals surface area contributed by atoms with Gasteiger partial charge in [-0.2, -0.15) is 4.68 Å². The van der Waals surface area contributed by atoms with Gasteiger partial charge >= 0.3 is 0 Å². The summed E-state index contributed by atoms with van der Waals surface area (Å²) in [6.45, 7) is 4.55. The molecule has 2 aromatic rings. The van der Waals surface area contributed by atoms with Gasteiger partial charge < -0.3 is 5.32 Å². The minimum atomic E-state index is -0.345. The molecule has 0 unspecified atom stereocenters. The van der Waals surface area contributed by atoms with E-state index in [1.165, 1.54) is 12.3 Å². The summed E-state index contributed by atoms with van der Waals surface area (Å²) in [6, 6.07) is 1.48. The van der Waals surface area contributed by atoms with Crippen molar-refractivity contribution < 1.29 is 4.39 Å². The van der Waals surface area contributed by atoms with Crippen molar-refractivity contribution in [1.82, 2.24) is 25.1 Å². The van der Waals surface area contributed by atoms with Gasteiger partial charge in [-0.25, -0.2) is 14.4 Å². The molecule has 0 fully saturated rings. The average molecular weight is 263 g/mol. The normalized spacial score (nSPS) is 10.9. The van der Waals surface area contributed by atoms with E-state index in [-0.39, 0.29) is 5.82 Å². The lowest BCUT2D eigenvalue weighted by Gasteiger charge is -2.09. The monoisotopic (exact) mass is 263 g/mol. The first kappa shape index (κ1) is 13.6. The van der Waals surface area contributed by atoms with Crippen LogP contribution in [-0.4, -0.2) is 26.8 Å². The fraction of sp³-hybridized carbons (Fsp3) is 0.462. The largest absolute Gasteiger partial charge is 0.316 e. The highest BCUT2D eigenvalue weighted by Gasteiger charge is 2.14. The van der Waals surface area contributed by atoms with Crippen molar-refractivity contribution in [3.8, 4) is 5.82 Å². The van der Waals surface area contributed by atoms with E-state index in [9.17, 15) is 4.39 Å². The lowest BCUT2D eigenvalue weighted by Crippen LogP contribution is -2.13. The van der Waals surface area contributed by atoms with Crippen LogP contribution in [0.4, 0.5) is 4.39 Å². The van der Waals surface area contributed by atoms with Crippen molar-refractivity contribution in [3.05, 3.63) is 35.3 Å². The molecule has 0 amide bonds. The number of rotatable bonds is 5. The Morgan fingerprint density at radius 3 is 2.74 bits per heavy atom. The van der Waals surface area contributed by atoms with Gasteiger partial charge in [0, 0.05) is 24.9 Å². The van der Waals surface area contributed by atoms with Crippen LogP contribution in [0.3, 0.4) is 0 Å². The first-order chi connectivity index (χ1) is 9.19. The Balaban J connectivity index is 2.53. The molecule has 0 spiro atoms. The van der Waals surface area contributed by atoms with Crippen molar-refractivity contribution in [3.63, 3.8) is 0 Å². The molecular weight excluding hydrogens is 245 g/mol. The maximum Gasteiger partial charge on any atom is 0.160 e. The Bertz CT molecular complexity index is 564. The van der Waals surface area contributed by atoms with Crippen molar-refractivity contribution in [2.24, 2.45) is 0 Å². The minimum absolute atomic E-state index is 0.345. The van der Waals surface area contributed by atoms with Crippen LogP contribution in [0.25, 0.3) is 5.82 Å². The highest BCUT2D eigenvalue weighted by molar-refractivity contribution is 5.34. The summed E-state index contributed by atoms with van der Waals surface area (Å²) in [5.41, 5.74) is 0.768. The zero-order valence-corrected chi connectivity index (χ0v) is 11.4. The Labute approximate surface area is 111 Å². The molecule has 102 valence electrons. The topological polar surface area (TPSA) is 55.6 Å². The summed E-state index contributed by atoms with van der Waals surface area (Å²) in [4.78, 5) is 8.61. The van der Waals surface area contributed by atoms with E-state index < -0.39 is 0 Å². The van der Waals surface area contributed by atoms with E-state index in [1.54, 1.807) is 4.68 Å². The predicted molar refractivity (Wildman–Crippen MR) is 70.6 cm³/mol. The van der Waals surface area contributed by atoms with E-state index in [1.807, 2.05) is 20.9 Å². The number of halogens is 1. The predicted octanol–water partition coefficient (Wildman–Crippen LogP) is 1.65. The van der Waals surface area contributed by atoms with Crippen LogP contribution in [0.5, 0.6) is 0 Å². The third-order valence-electron chi connectivity index (χ3n) is 2.83. The van der Waals surface area contributed by atoms with Gasteiger partial charge in [-0.15, -0.1) is 5.10 Å². The summed E-state index contributed by atoms with van der Waals surface area (Å²) in [5, 5.41) is 7.45. The zero-order chi connectivity index (χ0) is 13.8. The van der Waals surface area contributed by atoms with Gasteiger partial charge in [0.2, 0.25) is 0 Å². The molecule has 0 atom stereocenters. The Morgan fingerprint density at radius 2 is 2.11 bits per heavy atom. The minimum Gasteiger partial charge on any atom is -0.316 e. The first-order valence-corrected chi connectivity index (χ1v) is 6.43. The maximum atomic E-state index is 13.3. The lowest BCUT2D eigenvalue weighted by molar-refractivity contribution is 0.611. The fourth-order valence-corrected chi connectivity index (χ4v) is 1.93. The molecule has 0 saturated carbocycles. The molecule has 0 aliphatic carbocycles. The van der Waals surface area contributed by atoms with Crippen LogP contribution >= 0.6 is 0 Å². The Morgan fingerprint density at radius 1 is 1.32 bits per heavy atom. The van der Waals surface area contributed by atoms with Crippen LogP contribution in [0, 0.1) is 5.82 Å². The lowest BCUT2D eigenvalue weighted by atomic mass is 10.2. The summed E-state index contributed by atoms with van der Waals surface area (Å²) < 4.78 is 15.0. The highest BCUT2D eigenvalue weighted by Crippen LogP contribution is 2.15. The molecule has 0 saturated heterocycles. The summed E-state index contributed by atoms with van der Waals surface area (Å²) in [7, 11) is 1.81. The molecule has 1 N–H and O–H groups in total. The Kier molecular flexibility index (Phi) is 4.21. The number of aromatic nitrogens is 4. The molecule has 0 radical (unpaired) electrons. The first-order valence-electron chi connectivity index (χ1n) is 6.43. The molecule has 5 nitrogen and oxygen atoms in total. The standard InChI is InChI=1S/C13H18FN5/c1-4-11-17-12(5-2)19(18-11)13-9(7-15-3)6-10(14)8-16-13/h6,8,15H,4-5,7H2,1-3H3. The van der Waals surface area contributed by atoms with E-state index in [0.717, 1.165) is 30.1 Å². The quantitative estimate of drug-likeness (QED) is 0.891. The number of hydrogen-bond donors (Lipinski definition) is 1. The molecule has 0 aliphatic rings. The molecule has 0 aromatic carbocycles. The molecule has 2 heterocycles.